The number of hydrogen-bond donors (Lipinski definition) is 0. The van der Waals surface area contributed by atoms with Crippen LogP contribution in [-0.4, -0.2) is 24.9 Å². The highest BCUT2D eigenvalue weighted by Crippen LogP contribution is 2.37. The van der Waals surface area contributed by atoms with Crippen LogP contribution in [-0.2, 0) is 0 Å². The Balaban J connectivity index is 0.925. The number of nitrogens with zero attached hydrogens (tertiary/aromatic N) is 5. The summed E-state index contributed by atoms with van der Waals surface area (Å²) in [6, 6.07) is 57.2. The van der Waals surface area contributed by atoms with Gasteiger partial charge >= 0.3 is 0 Å². The maximum absolute atomic E-state index is 5.18. The second-order valence-corrected chi connectivity index (χ2v) is 13.7. The average molecular weight is 688 g/mol. The van der Waals surface area contributed by atoms with E-state index in [0.717, 1.165) is 110 Å². The molecule has 0 saturated carbocycles. The van der Waals surface area contributed by atoms with Crippen molar-refractivity contribution in [3.63, 3.8) is 0 Å². The molecule has 250 valence electrons. The van der Waals surface area contributed by atoms with Crippen molar-refractivity contribution in [2.24, 2.45) is 0 Å². The van der Waals surface area contributed by atoms with Crippen molar-refractivity contribution in [3.05, 3.63) is 176 Å². The number of aromatic nitrogens is 5. The lowest BCUT2D eigenvalue weighted by Crippen LogP contribution is -1.92. The highest BCUT2D eigenvalue weighted by atomic mass is 14.8. The highest BCUT2D eigenvalue weighted by molar-refractivity contribution is 6.07. The van der Waals surface area contributed by atoms with Crippen LogP contribution in [0.5, 0.6) is 0 Å². The normalized spacial score (nSPS) is 11.7. The fraction of sp³-hybridized carbons (Fsp3) is 0. The summed E-state index contributed by atoms with van der Waals surface area (Å²) >= 11 is 0. The molecule has 5 aromatic heterocycles. The van der Waals surface area contributed by atoms with Gasteiger partial charge in [-0.2, -0.15) is 0 Å². The zero-order chi connectivity index (χ0) is 35.6. The van der Waals surface area contributed by atoms with E-state index in [1.807, 2.05) is 24.5 Å². The minimum absolute atomic E-state index is 0.868. The standard InChI is InChI=1S/C49H29N5/c1-2-7-37-29-51-47(28-32(37)6-1)46-24-17-36-27-34(15-21-43(36)53-46)33-14-20-42-35(26-33)16-23-44(52-42)40-18-19-41(39-10-4-3-9-38(39)40)45-22-13-31-12-11-30-8-5-25-50-48(30)49(31)54-45/h1-29H. The molecule has 54 heavy (non-hydrogen) atoms. The summed E-state index contributed by atoms with van der Waals surface area (Å²) in [5, 5.41) is 8.91. The van der Waals surface area contributed by atoms with Crippen molar-refractivity contribution < 1.29 is 0 Å². The first-order valence-electron chi connectivity index (χ1n) is 18.1. The van der Waals surface area contributed by atoms with Gasteiger partial charge in [-0.05, 0) is 81.9 Å². The Labute approximate surface area is 310 Å². The molecule has 6 aromatic carbocycles. The first-order valence-corrected chi connectivity index (χ1v) is 18.1. The van der Waals surface area contributed by atoms with Gasteiger partial charge in [-0.25, -0.2) is 15.0 Å². The van der Waals surface area contributed by atoms with E-state index in [0.29, 0.717) is 0 Å². The molecule has 0 aliphatic rings. The van der Waals surface area contributed by atoms with Crippen LogP contribution in [0, 0.1) is 0 Å². The minimum Gasteiger partial charge on any atom is -0.254 e. The van der Waals surface area contributed by atoms with Crippen LogP contribution in [0.2, 0.25) is 0 Å². The van der Waals surface area contributed by atoms with Crippen molar-refractivity contribution in [1.82, 2.24) is 24.9 Å². The third kappa shape index (κ3) is 5.06. The highest BCUT2D eigenvalue weighted by Gasteiger charge is 2.14. The second kappa shape index (κ2) is 12.1. The molecule has 0 spiro atoms. The molecule has 0 bridgehead atoms. The van der Waals surface area contributed by atoms with Crippen molar-refractivity contribution in [2.75, 3.05) is 0 Å². The summed E-state index contributed by atoms with van der Waals surface area (Å²) in [5.74, 6) is 0. The van der Waals surface area contributed by atoms with Crippen LogP contribution in [0.25, 0.3) is 110 Å². The third-order valence-corrected chi connectivity index (χ3v) is 10.5. The monoisotopic (exact) mass is 687 g/mol. The van der Waals surface area contributed by atoms with Gasteiger partial charge in [0.05, 0.1) is 44.8 Å². The van der Waals surface area contributed by atoms with E-state index in [9.17, 15) is 0 Å². The Morgan fingerprint density at radius 3 is 1.59 bits per heavy atom. The number of benzene rings is 6. The number of pyridine rings is 5. The van der Waals surface area contributed by atoms with Crippen molar-refractivity contribution in [2.45, 2.75) is 0 Å². The third-order valence-electron chi connectivity index (χ3n) is 10.5. The smallest absolute Gasteiger partial charge is 0.0972 e. The van der Waals surface area contributed by atoms with Gasteiger partial charge in [-0.1, -0.05) is 109 Å². The summed E-state index contributed by atoms with van der Waals surface area (Å²) in [5.41, 5.74) is 11.8. The Morgan fingerprint density at radius 2 is 0.870 bits per heavy atom. The van der Waals surface area contributed by atoms with Gasteiger partial charge in [0.2, 0.25) is 0 Å². The zero-order valence-corrected chi connectivity index (χ0v) is 29.0. The molecule has 0 radical (unpaired) electrons. The van der Waals surface area contributed by atoms with Gasteiger partial charge in [0.1, 0.15) is 0 Å². The van der Waals surface area contributed by atoms with Crippen LogP contribution < -0.4 is 0 Å². The van der Waals surface area contributed by atoms with Crippen molar-refractivity contribution in [3.8, 4) is 45.0 Å². The molecule has 0 unspecified atom stereocenters. The molecule has 0 amide bonds. The van der Waals surface area contributed by atoms with E-state index >= 15 is 0 Å². The molecule has 0 aliphatic carbocycles. The summed E-state index contributed by atoms with van der Waals surface area (Å²) in [6.45, 7) is 0. The molecule has 0 N–H and O–H groups in total. The molecule has 0 saturated heterocycles. The molecule has 11 rings (SSSR count). The Hall–Kier alpha value is -7.37. The van der Waals surface area contributed by atoms with E-state index in [1.54, 1.807) is 0 Å². The molecule has 5 heterocycles. The topological polar surface area (TPSA) is 64.5 Å². The Bertz CT molecular complexity index is 3300. The summed E-state index contributed by atoms with van der Waals surface area (Å²) in [7, 11) is 0. The maximum atomic E-state index is 5.18. The lowest BCUT2D eigenvalue weighted by molar-refractivity contribution is 1.29. The van der Waals surface area contributed by atoms with Crippen molar-refractivity contribution in [1.29, 1.82) is 0 Å². The van der Waals surface area contributed by atoms with Gasteiger partial charge in [0.25, 0.3) is 0 Å². The van der Waals surface area contributed by atoms with Gasteiger partial charge in [0.15, 0.2) is 0 Å². The van der Waals surface area contributed by atoms with Crippen LogP contribution >= 0.6 is 0 Å². The average Bonchev–Trinajstić information content (AvgIpc) is 3.25. The van der Waals surface area contributed by atoms with Crippen LogP contribution in [0.4, 0.5) is 0 Å². The van der Waals surface area contributed by atoms with E-state index in [2.05, 4.69) is 162 Å². The molecular formula is C49H29N5. The number of rotatable bonds is 4. The molecular weight excluding hydrogens is 659 g/mol. The Kier molecular flexibility index (Phi) is 6.79. The molecule has 5 nitrogen and oxygen atoms in total. The SMILES string of the molecule is c1ccc2cc(-c3ccc4cc(-c5ccc6nc(-c7ccc(-c8ccc9ccc%10cccnc%10c9n8)c8ccccc78)ccc6c5)ccc4n3)ncc2c1. The molecule has 0 atom stereocenters. The first kappa shape index (κ1) is 30.3. The van der Waals surface area contributed by atoms with E-state index in [1.165, 1.54) is 0 Å². The van der Waals surface area contributed by atoms with E-state index < -0.39 is 0 Å². The molecule has 0 fully saturated rings. The van der Waals surface area contributed by atoms with Crippen molar-refractivity contribution >= 4 is 65.2 Å². The molecule has 11 aromatic rings. The minimum atomic E-state index is 0.868. The van der Waals surface area contributed by atoms with Crippen LogP contribution in [0.1, 0.15) is 0 Å². The predicted molar refractivity (Wildman–Crippen MR) is 222 cm³/mol. The molecule has 5 heteroatoms. The van der Waals surface area contributed by atoms with E-state index in [4.69, 9.17) is 15.0 Å². The van der Waals surface area contributed by atoms with Crippen LogP contribution in [0.3, 0.4) is 0 Å². The zero-order valence-electron chi connectivity index (χ0n) is 29.0. The van der Waals surface area contributed by atoms with Gasteiger partial charge < -0.3 is 0 Å². The fourth-order valence-corrected chi connectivity index (χ4v) is 7.75. The number of hydrogen-bond acceptors (Lipinski definition) is 5. The second-order valence-electron chi connectivity index (χ2n) is 13.7. The molecule has 0 aliphatic heterocycles. The summed E-state index contributed by atoms with van der Waals surface area (Å²) in [4.78, 5) is 24.6. The lowest BCUT2D eigenvalue weighted by Gasteiger charge is -2.13. The fourth-order valence-electron chi connectivity index (χ4n) is 7.75. The number of fused-ring (bicyclic) bond motifs is 7. The van der Waals surface area contributed by atoms with Crippen LogP contribution in [0.15, 0.2) is 176 Å². The summed E-state index contributed by atoms with van der Waals surface area (Å²) < 4.78 is 0. The summed E-state index contributed by atoms with van der Waals surface area (Å²) in [6.07, 6.45) is 3.75. The van der Waals surface area contributed by atoms with Gasteiger partial charge in [0, 0.05) is 50.5 Å². The lowest BCUT2D eigenvalue weighted by atomic mass is 9.95. The largest absolute Gasteiger partial charge is 0.254 e. The predicted octanol–water partition coefficient (Wildman–Crippen LogP) is 12.2. The van der Waals surface area contributed by atoms with E-state index in [-0.39, 0.29) is 0 Å². The first-order chi connectivity index (χ1) is 26.7. The maximum Gasteiger partial charge on any atom is 0.0972 e. The van der Waals surface area contributed by atoms with Gasteiger partial charge in [-0.3, -0.25) is 9.97 Å². The van der Waals surface area contributed by atoms with Gasteiger partial charge in [-0.15, -0.1) is 0 Å². The quantitative estimate of drug-likeness (QED) is 0.172. The Morgan fingerprint density at radius 1 is 0.315 bits per heavy atom.